The molecule has 0 aromatic carbocycles. The number of halogens is 1. The summed E-state index contributed by atoms with van der Waals surface area (Å²) in [5.41, 5.74) is 0.173. The lowest BCUT2D eigenvalue weighted by Crippen LogP contribution is -2.47. The van der Waals surface area contributed by atoms with Gasteiger partial charge in [-0.2, -0.15) is 10.4 Å². The van der Waals surface area contributed by atoms with Crippen molar-refractivity contribution in [2.75, 3.05) is 31.1 Å². The van der Waals surface area contributed by atoms with Gasteiger partial charge in [0, 0.05) is 38.3 Å². The number of aromatic amines is 1. The molecule has 2 aromatic heterocycles. The van der Waals surface area contributed by atoms with Crippen LogP contribution in [0.5, 0.6) is 5.75 Å². The van der Waals surface area contributed by atoms with E-state index in [9.17, 15) is 9.59 Å². The second kappa shape index (κ2) is 10.3. The number of likely N-dealkylation sites (tertiary alicyclic amines) is 1. The maximum absolute atomic E-state index is 12.9. The Labute approximate surface area is 199 Å². The van der Waals surface area contributed by atoms with Crippen LogP contribution in [0.25, 0.3) is 0 Å². The van der Waals surface area contributed by atoms with Crippen LogP contribution < -0.4 is 15.2 Å². The molecular formula is C22H25BrN6O4. The smallest absolute Gasteiger partial charge is 0.282 e. The number of nitrogens with zero attached hydrogens (tertiary/aromatic N) is 5. The van der Waals surface area contributed by atoms with Gasteiger partial charge in [-0.3, -0.25) is 9.59 Å². The molecule has 0 spiro atoms. The van der Waals surface area contributed by atoms with Crippen LogP contribution in [-0.2, 0) is 9.53 Å². The predicted molar refractivity (Wildman–Crippen MR) is 123 cm³/mol. The lowest BCUT2D eigenvalue weighted by Gasteiger charge is -2.37. The van der Waals surface area contributed by atoms with E-state index in [1.165, 1.54) is 6.20 Å². The molecule has 2 aliphatic rings. The monoisotopic (exact) mass is 516 g/mol. The number of anilines is 1. The molecule has 4 heterocycles. The Bertz CT molecular complexity index is 1080. The summed E-state index contributed by atoms with van der Waals surface area (Å²) in [7, 11) is 0. The van der Waals surface area contributed by atoms with Crippen molar-refractivity contribution in [2.45, 2.75) is 44.4 Å². The highest BCUT2D eigenvalue weighted by Gasteiger charge is 2.38. The summed E-state index contributed by atoms with van der Waals surface area (Å²) in [5.74, 6) is 1.21. The number of rotatable bonds is 7. The molecule has 0 radical (unpaired) electrons. The Morgan fingerprint density at radius 1 is 1.24 bits per heavy atom. The Hall–Kier alpha value is -2.97. The van der Waals surface area contributed by atoms with Crippen molar-refractivity contribution >= 4 is 27.7 Å². The fourth-order valence-electron chi connectivity index (χ4n) is 4.19. The molecule has 10 nitrogen and oxygen atoms in total. The molecule has 1 N–H and O–H groups in total. The molecule has 0 bridgehead atoms. The Morgan fingerprint density at radius 2 is 2.03 bits per heavy atom. The zero-order chi connectivity index (χ0) is 23.4. The molecule has 4 rings (SSSR count). The number of nitriles is 1. The third kappa shape index (κ3) is 5.34. The third-order valence-corrected chi connectivity index (χ3v) is 6.67. The fraction of sp³-hybridized carbons (Fsp3) is 0.500. The molecule has 33 heavy (non-hydrogen) atoms. The van der Waals surface area contributed by atoms with Crippen LogP contribution in [0.3, 0.4) is 0 Å². The summed E-state index contributed by atoms with van der Waals surface area (Å²) in [5, 5.41) is 15.0. The Morgan fingerprint density at radius 3 is 2.73 bits per heavy atom. The average Bonchev–Trinajstić information content (AvgIpc) is 3.21. The third-order valence-electron chi connectivity index (χ3n) is 5.92. The molecule has 174 valence electrons. The van der Waals surface area contributed by atoms with Gasteiger partial charge in [0.2, 0.25) is 0 Å². The number of aromatic nitrogens is 3. The van der Waals surface area contributed by atoms with Gasteiger partial charge in [0.25, 0.3) is 11.5 Å². The lowest BCUT2D eigenvalue weighted by atomic mass is 10.0. The van der Waals surface area contributed by atoms with Gasteiger partial charge < -0.3 is 19.3 Å². The summed E-state index contributed by atoms with van der Waals surface area (Å²) in [6.07, 6.45) is 4.56. The lowest BCUT2D eigenvalue weighted by molar-refractivity contribution is -0.140. The average molecular weight is 517 g/mol. The number of ether oxygens (including phenoxy) is 2. The maximum Gasteiger partial charge on any atom is 0.282 e. The van der Waals surface area contributed by atoms with Crippen molar-refractivity contribution in [1.29, 1.82) is 5.26 Å². The summed E-state index contributed by atoms with van der Waals surface area (Å²) in [4.78, 5) is 33.0. The normalized spacial score (nSPS) is 20.0. The van der Waals surface area contributed by atoms with Crippen molar-refractivity contribution in [2.24, 2.45) is 0 Å². The highest BCUT2D eigenvalue weighted by molar-refractivity contribution is 9.10. The number of piperidine rings is 1. The van der Waals surface area contributed by atoms with Gasteiger partial charge in [-0.25, -0.2) is 10.1 Å². The van der Waals surface area contributed by atoms with Gasteiger partial charge in [0.1, 0.15) is 28.6 Å². The van der Waals surface area contributed by atoms with Crippen molar-refractivity contribution in [3.8, 4) is 11.8 Å². The Balaban J connectivity index is 1.25. The highest BCUT2D eigenvalue weighted by Crippen LogP contribution is 2.26. The zero-order valence-electron chi connectivity index (χ0n) is 18.2. The predicted octanol–water partition coefficient (Wildman–Crippen LogP) is 1.85. The van der Waals surface area contributed by atoms with E-state index in [2.05, 4.69) is 42.1 Å². The molecule has 2 aliphatic heterocycles. The second-order valence-electron chi connectivity index (χ2n) is 8.18. The van der Waals surface area contributed by atoms with Crippen molar-refractivity contribution in [3.63, 3.8) is 0 Å². The number of pyridine rings is 1. The molecule has 2 fully saturated rings. The van der Waals surface area contributed by atoms with E-state index in [1.54, 1.807) is 12.3 Å². The minimum absolute atomic E-state index is 0.0242. The number of carbonyl (C=O) groups is 1. The largest absolute Gasteiger partial charge is 0.485 e. The van der Waals surface area contributed by atoms with Crippen molar-refractivity contribution < 1.29 is 14.3 Å². The first-order valence-electron chi connectivity index (χ1n) is 10.9. The van der Waals surface area contributed by atoms with Gasteiger partial charge in [0.15, 0.2) is 5.75 Å². The van der Waals surface area contributed by atoms with Crippen LogP contribution in [0.15, 0.2) is 33.8 Å². The topological polar surface area (TPSA) is 124 Å². The van der Waals surface area contributed by atoms with Crippen molar-refractivity contribution in [3.05, 3.63) is 44.9 Å². The zero-order valence-corrected chi connectivity index (χ0v) is 19.8. The molecule has 2 atom stereocenters. The number of hydrogen-bond donors (Lipinski definition) is 1. The summed E-state index contributed by atoms with van der Waals surface area (Å²) in [6.45, 7) is 4.35. The molecule has 2 saturated heterocycles. The maximum atomic E-state index is 12.9. The van der Waals surface area contributed by atoms with E-state index in [1.807, 2.05) is 17.9 Å². The first kappa shape index (κ1) is 23.2. The molecule has 1 amide bonds. The summed E-state index contributed by atoms with van der Waals surface area (Å²) in [6, 6.07) is 5.91. The molecular weight excluding hydrogens is 492 g/mol. The van der Waals surface area contributed by atoms with Crippen LogP contribution in [0.2, 0.25) is 0 Å². The van der Waals surface area contributed by atoms with E-state index in [0.29, 0.717) is 24.3 Å². The van der Waals surface area contributed by atoms with E-state index in [0.717, 1.165) is 31.7 Å². The second-order valence-corrected chi connectivity index (χ2v) is 8.98. The summed E-state index contributed by atoms with van der Waals surface area (Å²) >= 11 is 3.18. The SMILES string of the molecule is CC(COC1CCN(C2CCN(c3ccc(C#N)cn3)CC2)C1=O)Oc1cn[nH]c(=O)c1Br. The van der Waals surface area contributed by atoms with E-state index in [-0.39, 0.29) is 34.7 Å². The molecule has 11 heteroatoms. The standard InChI is InChI=1S/C22H25BrN6O4/c1-14(33-18-12-26-27-21(30)20(18)23)13-32-17-6-9-29(22(17)31)16-4-7-28(8-5-16)19-3-2-15(10-24)11-25-19/h2-3,11-12,14,16-17H,4-9,13H2,1H3,(H,27,30). The van der Waals surface area contributed by atoms with Gasteiger partial charge in [-0.05, 0) is 47.8 Å². The van der Waals surface area contributed by atoms with Crippen LogP contribution >= 0.6 is 15.9 Å². The molecule has 2 aromatic rings. The quantitative estimate of drug-likeness (QED) is 0.590. The Kier molecular flexibility index (Phi) is 7.25. The molecule has 2 unspecified atom stereocenters. The first-order valence-corrected chi connectivity index (χ1v) is 11.7. The van der Waals surface area contributed by atoms with Crippen molar-refractivity contribution in [1.82, 2.24) is 20.1 Å². The summed E-state index contributed by atoms with van der Waals surface area (Å²) < 4.78 is 11.9. The molecule has 0 aliphatic carbocycles. The van der Waals surface area contributed by atoms with Crippen LogP contribution in [-0.4, -0.2) is 70.5 Å². The minimum atomic E-state index is -0.477. The van der Waals surface area contributed by atoms with Gasteiger partial charge in [0.05, 0.1) is 18.4 Å². The van der Waals surface area contributed by atoms with Crippen LogP contribution in [0.1, 0.15) is 31.7 Å². The van der Waals surface area contributed by atoms with Gasteiger partial charge >= 0.3 is 0 Å². The van der Waals surface area contributed by atoms with E-state index in [4.69, 9.17) is 14.7 Å². The molecule has 0 saturated carbocycles. The number of hydrogen-bond acceptors (Lipinski definition) is 8. The van der Waals surface area contributed by atoms with Gasteiger partial charge in [-0.1, -0.05) is 0 Å². The number of nitrogens with one attached hydrogen (secondary N) is 1. The van der Waals surface area contributed by atoms with Crippen LogP contribution in [0.4, 0.5) is 5.82 Å². The highest BCUT2D eigenvalue weighted by atomic mass is 79.9. The van der Waals surface area contributed by atoms with E-state index >= 15 is 0 Å². The van der Waals surface area contributed by atoms with Crippen LogP contribution in [0, 0.1) is 11.3 Å². The minimum Gasteiger partial charge on any atom is -0.485 e. The fourth-order valence-corrected chi connectivity index (χ4v) is 4.47. The number of H-pyrrole nitrogens is 1. The first-order chi connectivity index (χ1) is 16.0. The van der Waals surface area contributed by atoms with Gasteiger partial charge in [-0.15, -0.1) is 0 Å². The number of amides is 1. The van der Waals surface area contributed by atoms with E-state index < -0.39 is 6.10 Å². The number of carbonyl (C=O) groups excluding carboxylic acids is 1.